The Hall–Kier alpha value is -0.790. The first kappa shape index (κ1) is 11.3. The van der Waals surface area contributed by atoms with Crippen molar-refractivity contribution in [2.75, 3.05) is 18.5 Å². The number of anilines is 1. The number of nitrogens with zero attached hydrogens (tertiary/aromatic N) is 3. The molecule has 0 aromatic carbocycles. The van der Waals surface area contributed by atoms with Crippen LogP contribution in [0, 0.1) is 17.2 Å². The molecule has 76 valence electrons. The lowest BCUT2D eigenvalue weighted by Gasteiger charge is -2.16. The number of halogens is 1. The van der Waals surface area contributed by atoms with Gasteiger partial charge < -0.3 is 4.90 Å². The Morgan fingerprint density at radius 1 is 1.79 bits per heavy atom. The summed E-state index contributed by atoms with van der Waals surface area (Å²) < 4.78 is 0. The monoisotopic (exact) mass is 229 g/mol. The zero-order valence-electron chi connectivity index (χ0n) is 8.20. The van der Waals surface area contributed by atoms with Crippen LogP contribution in [0.25, 0.3) is 0 Å². The van der Waals surface area contributed by atoms with Crippen LogP contribution in [0.2, 0.25) is 0 Å². The molecule has 0 aliphatic rings. The standard InChI is InChI=1S/C9H12ClN3S/c1-7(4-11)5-13(2)9-12-8(3-10)6-14-9/h6-7H,3,5H2,1-2H3. The summed E-state index contributed by atoms with van der Waals surface area (Å²) in [6.45, 7) is 2.60. The largest absolute Gasteiger partial charge is 0.350 e. The first-order valence-electron chi connectivity index (χ1n) is 4.28. The van der Waals surface area contributed by atoms with Crippen molar-refractivity contribution in [1.29, 1.82) is 5.26 Å². The van der Waals surface area contributed by atoms with E-state index in [0.717, 1.165) is 10.8 Å². The second kappa shape index (κ2) is 5.18. The number of hydrogen-bond donors (Lipinski definition) is 0. The molecule has 0 bridgehead atoms. The molecule has 0 fully saturated rings. The van der Waals surface area contributed by atoms with Crippen molar-refractivity contribution in [2.45, 2.75) is 12.8 Å². The van der Waals surface area contributed by atoms with Gasteiger partial charge in [-0.2, -0.15) is 5.26 Å². The molecule has 1 aromatic heterocycles. The quantitative estimate of drug-likeness (QED) is 0.745. The van der Waals surface area contributed by atoms with Crippen LogP contribution >= 0.6 is 22.9 Å². The summed E-state index contributed by atoms with van der Waals surface area (Å²) in [5, 5.41) is 11.5. The zero-order chi connectivity index (χ0) is 10.6. The van der Waals surface area contributed by atoms with Gasteiger partial charge in [0.2, 0.25) is 0 Å². The van der Waals surface area contributed by atoms with Gasteiger partial charge in [0.05, 0.1) is 23.6 Å². The third-order valence-corrected chi connectivity index (χ3v) is 3.05. The minimum absolute atomic E-state index is 0.0170. The molecule has 0 amide bonds. The highest BCUT2D eigenvalue weighted by Gasteiger charge is 2.09. The average Bonchev–Trinajstić information content (AvgIpc) is 2.65. The van der Waals surface area contributed by atoms with Crippen molar-refractivity contribution in [3.63, 3.8) is 0 Å². The van der Waals surface area contributed by atoms with Crippen molar-refractivity contribution in [3.05, 3.63) is 11.1 Å². The van der Waals surface area contributed by atoms with Crippen molar-refractivity contribution in [3.8, 4) is 6.07 Å². The molecule has 3 nitrogen and oxygen atoms in total. The van der Waals surface area contributed by atoms with E-state index < -0.39 is 0 Å². The summed E-state index contributed by atoms with van der Waals surface area (Å²) in [5.74, 6) is 0.460. The SMILES string of the molecule is CC(C#N)CN(C)c1nc(CCl)cs1. The fourth-order valence-electron chi connectivity index (χ4n) is 1.06. The Labute approximate surface area is 92.9 Å². The van der Waals surface area contributed by atoms with Crippen LogP contribution in [0.1, 0.15) is 12.6 Å². The highest BCUT2D eigenvalue weighted by Crippen LogP contribution is 2.20. The van der Waals surface area contributed by atoms with Gasteiger partial charge in [-0.3, -0.25) is 0 Å². The average molecular weight is 230 g/mol. The molecular formula is C9H12ClN3S. The van der Waals surface area contributed by atoms with Gasteiger partial charge in [0.25, 0.3) is 0 Å². The number of alkyl halides is 1. The maximum atomic E-state index is 8.67. The topological polar surface area (TPSA) is 39.9 Å². The van der Waals surface area contributed by atoms with Crippen molar-refractivity contribution < 1.29 is 0 Å². The molecule has 0 spiro atoms. The fourth-order valence-corrected chi connectivity index (χ4v) is 2.09. The van der Waals surface area contributed by atoms with Gasteiger partial charge in [-0.05, 0) is 6.92 Å². The van der Waals surface area contributed by atoms with E-state index in [-0.39, 0.29) is 5.92 Å². The van der Waals surface area contributed by atoms with E-state index in [9.17, 15) is 0 Å². The third-order valence-electron chi connectivity index (χ3n) is 1.77. The van der Waals surface area contributed by atoms with Gasteiger partial charge in [0, 0.05) is 19.0 Å². The lowest BCUT2D eigenvalue weighted by atomic mass is 10.2. The second-order valence-corrected chi connectivity index (χ2v) is 4.27. The van der Waals surface area contributed by atoms with Crippen LogP contribution in [0.4, 0.5) is 5.13 Å². The molecule has 1 rings (SSSR count). The first-order chi connectivity index (χ1) is 6.67. The summed E-state index contributed by atoms with van der Waals surface area (Å²) >= 11 is 7.21. The molecule has 5 heteroatoms. The van der Waals surface area contributed by atoms with E-state index in [1.807, 2.05) is 24.3 Å². The first-order valence-corrected chi connectivity index (χ1v) is 5.70. The van der Waals surface area contributed by atoms with Gasteiger partial charge in [-0.25, -0.2) is 4.98 Å². The maximum Gasteiger partial charge on any atom is 0.185 e. The molecule has 14 heavy (non-hydrogen) atoms. The number of hydrogen-bond acceptors (Lipinski definition) is 4. The number of aromatic nitrogens is 1. The van der Waals surface area contributed by atoms with Crippen molar-refractivity contribution in [2.24, 2.45) is 5.92 Å². The lowest BCUT2D eigenvalue weighted by Crippen LogP contribution is -2.22. The molecule has 1 heterocycles. The smallest absolute Gasteiger partial charge is 0.185 e. The van der Waals surface area contributed by atoms with Gasteiger partial charge in [-0.1, -0.05) is 0 Å². The van der Waals surface area contributed by atoms with E-state index in [4.69, 9.17) is 16.9 Å². The normalized spacial score (nSPS) is 12.1. The lowest BCUT2D eigenvalue weighted by molar-refractivity contribution is 0.714. The van der Waals surface area contributed by atoms with E-state index >= 15 is 0 Å². The van der Waals surface area contributed by atoms with E-state index in [2.05, 4.69) is 11.1 Å². The molecule has 0 N–H and O–H groups in total. The molecule has 0 aliphatic heterocycles. The summed E-state index contributed by atoms with van der Waals surface area (Å²) in [5.41, 5.74) is 0.892. The molecule has 0 aliphatic carbocycles. The third kappa shape index (κ3) is 2.86. The minimum Gasteiger partial charge on any atom is -0.350 e. The van der Waals surface area contributed by atoms with Crippen LogP contribution in [0.3, 0.4) is 0 Å². The van der Waals surface area contributed by atoms with Gasteiger partial charge in [0.15, 0.2) is 5.13 Å². The van der Waals surface area contributed by atoms with Gasteiger partial charge >= 0.3 is 0 Å². The Kier molecular flexibility index (Phi) is 4.18. The minimum atomic E-state index is 0.0170. The predicted molar refractivity (Wildman–Crippen MR) is 59.7 cm³/mol. The van der Waals surface area contributed by atoms with E-state index in [1.54, 1.807) is 11.3 Å². The molecule has 0 saturated carbocycles. The molecular weight excluding hydrogens is 218 g/mol. The van der Waals surface area contributed by atoms with Gasteiger partial charge in [0.1, 0.15) is 0 Å². The Balaban J connectivity index is 2.61. The maximum absolute atomic E-state index is 8.67. The fraction of sp³-hybridized carbons (Fsp3) is 0.556. The van der Waals surface area contributed by atoms with Gasteiger partial charge in [-0.15, -0.1) is 22.9 Å². The molecule has 0 radical (unpaired) electrons. The molecule has 1 atom stereocenters. The summed E-state index contributed by atoms with van der Waals surface area (Å²) in [6, 6.07) is 2.20. The second-order valence-electron chi connectivity index (χ2n) is 3.17. The summed E-state index contributed by atoms with van der Waals surface area (Å²) in [6.07, 6.45) is 0. The predicted octanol–water partition coefficient (Wildman–Crippen LogP) is 2.48. The van der Waals surface area contributed by atoms with E-state index in [1.165, 1.54) is 0 Å². The molecule has 1 aromatic rings. The Morgan fingerprint density at radius 2 is 2.50 bits per heavy atom. The van der Waals surface area contributed by atoms with Crippen molar-refractivity contribution >= 4 is 28.1 Å². The highest BCUT2D eigenvalue weighted by molar-refractivity contribution is 7.13. The van der Waals surface area contributed by atoms with Crippen LogP contribution in [-0.2, 0) is 5.88 Å². The Morgan fingerprint density at radius 3 is 3.00 bits per heavy atom. The number of thiazole rings is 1. The highest BCUT2D eigenvalue weighted by atomic mass is 35.5. The number of rotatable bonds is 4. The van der Waals surface area contributed by atoms with Crippen LogP contribution in [-0.4, -0.2) is 18.6 Å². The van der Waals surface area contributed by atoms with Crippen LogP contribution < -0.4 is 4.90 Å². The van der Waals surface area contributed by atoms with Crippen molar-refractivity contribution in [1.82, 2.24) is 4.98 Å². The van der Waals surface area contributed by atoms with E-state index in [0.29, 0.717) is 12.4 Å². The van der Waals surface area contributed by atoms with Crippen LogP contribution in [0.15, 0.2) is 5.38 Å². The Bertz CT molecular complexity index is 331. The summed E-state index contributed by atoms with van der Waals surface area (Å²) in [7, 11) is 1.94. The zero-order valence-corrected chi connectivity index (χ0v) is 9.77. The molecule has 1 unspecified atom stereocenters. The summed E-state index contributed by atoms with van der Waals surface area (Å²) in [4.78, 5) is 6.30. The van der Waals surface area contributed by atoms with Crippen LogP contribution in [0.5, 0.6) is 0 Å². The number of nitriles is 1. The molecule has 0 saturated heterocycles.